The summed E-state index contributed by atoms with van der Waals surface area (Å²) in [5, 5.41) is 3.29. The number of halogens is 3. The third-order valence-electron chi connectivity index (χ3n) is 4.49. The molecule has 1 atom stereocenters. The van der Waals surface area contributed by atoms with E-state index in [0.29, 0.717) is 12.1 Å². The Morgan fingerprint density at radius 2 is 1.92 bits per heavy atom. The monoisotopic (exact) mass is 348 g/mol. The summed E-state index contributed by atoms with van der Waals surface area (Å²) in [4.78, 5) is 13.4. The fraction of sp³-hybridized carbons (Fsp3) is 0.316. The van der Waals surface area contributed by atoms with E-state index < -0.39 is 11.7 Å². The van der Waals surface area contributed by atoms with Crippen LogP contribution in [-0.4, -0.2) is 12.5 Å². The number of rotatable bonds is 3. The molecule has 1 aliphatic heterocycles. The third kappa shape index (κ3) is 3.48. The lowest BCUT2D eigenvalue weighted by Crippen LogP contribution is -2.25. The summed E-state index contributed by atoms with van der Waals surface area (Å²) >= 11 is 0. The normalized spacial score (nSPS) is 15.0. The van der Waals surface area contributed by atoms with E-state index >= 15 is 0 Å². The molecule has 1 aliphatic rings. The SMILES string of the molecule is CC(=O)N1CCc2c(NC(C)c3cccc(C(F)(F)F)c3)cccc21. The first-order valence-corrected chi connectivity index (χ1v) is 8.11. The van der Waals surface area contributed by atoms with Crippen molar-refractivity contribution in [3.05, 3.63) is 59.2 Å². The molecule has 0 saturated carbocycles. The second-order valence-electron chi connectivity index (χ2n) is 6.21. The van der Waals surface area contributed by atoms with Crippen LogP contribution < -0.4 is 10.2 Å². The number of nitrogens with zero attached hydrogens (tertiary/aromatic N) is 1. The van der Waals surface area contributed by atoms with Crippen molar-refractivity contribution in [2.45, 2.75) is 32.5 Å². The summed E-state index contributed by atoms with van der Waals surface area (Å²) in [5.74, 6) is -0.0122. The van der Waals surface area contributed by atoms with Gasteiger partial charge in [-0.1, -0.05) is 18.2 Å². The van der Waals surface area contributed by atoms with E-state index in [1.165, 1.54) is 19.1 Å². The Labute approximate surface area is 144 Å². The van der Waals surface area contributed by atoms with Crippen LogP contribution in [0.15, 0.2) is 42.5 Å². The maximum absolute atomic E-state index is 12.9. The van der Waals surface area contributed by atoms with E-state index in [1.54, 1.807) is 11.0 Å². The van der Waals surface area contributed by atoms with Crippen LogP contribution in [0.25, 0.3) is 0 Å². The Hall–Kier alpha value is -2.50. The minimum Gasteiger partial charge on any atom is -0.378 e. The van der Waals surface area contributed by atoms with Crippen molar-refractivity contribution in [3.63, 3.8) is 0 Å². The summed E-state index contributed by atoms with van der Waals surface area (Å²) in [7, 11) is 0. The van der Waals surface area contributed by atoms with Gasteiger partial charge in [-0.2, -0.15) is 13.2 Å². The molecular weight excluding hydrogens is 329 g/mol. The molecule has 3 nitrogen and oxygen atoms in total. The topological polar surface area (TPSA) is 32.3 Å². The van der Waals surface area contributed by atoms with Crippen LogP contribution in [-0.2, 0) is 17.4 Å². The first-order chi connectivity index (χ1) is 11.8. The highest BCUT2D eigenvalue weighted by Crippen LogP contribution is 2.36. The molecule has 2 aromatic carbocycles. The summed E-state index contributed by atoms with van der Waals surface area (Å²) in [6, 6.07) is 10.7. The Bertz CT molecular complexity index is 801. The summed E-state index contributed by atoms with van der Waals surface area (Å²) in [6.07, 6.45) is -3.63. The van der Waals surface area contributed by atoms with Crippen LogP contribution in [0.5, 0.6) is 0 Å². The van der Waals surface area contributed by atoms with Crippen molar-refractivity contribution in [1.82, 2.24) is 0 Å². The van der Waals surface area contributed by atoms with Crippen molar-refractivity contribution < 1.29 is 18.0 Å². The smallest absolute Gasteiger partial charge is 0.378 e. The second-order valence-corrected chi connectivity index (χ2v) is 6.21. The zero-order valence-electron chi connectivity index (χ0n) is 14.0. The number of hydrogen-bond acceptors (Lipinski definition) is 2. The Balaban J connectivity index is 1.86. The molecule has 1 N–H and O–H groups in total. The van der Waals surface area contributed by atoms with E-state index in [4.69, 9.17) is 0 Å². The Kier molecular flexibility index (Phi) is 4.45. The van der Waals surface area contributed by atoms with Crippen LogP contribution in [0, 0.1) is 0 Å². The maximum Gasteiger partial charge on any atom is 0.416 e. The number of nitrogens with one attached hydrogen (secondary N) is 1. The molecular formula is C19H19F3N2O. The quantitative estimate of drug-likeness (QED) is 0.865. The highest BCUT2D eigenvalue weighted by molar-refractivity contribution is 5.95. The number of benzene rings is 2. The number of alkyl halides is 3. The van der Waals surface area contributed by atoms with Crippen LogP contribution in [0.2, 0.25) is 0 Å². The molecule has 1 unspecified atom stereocenters. The van der Waals surface area contributed by atoms with E-state index in [2.05, 4.69) is 5.32 Å². The van der Waals surface area contributed by atoms with Gasteiger partial charge in [0.05, 0.1) is 5.56 Å². The zero-order valence-corrected chi connectivity index (χ0v) is 14.0. The molecule has 1 amide bonds. The number of fused-ring (bicyclic) bond motifs is 1. The molecule has 0 bridgehead atoms. The molecule has 3 rings (SSSR count). The van der Waals surface area contributed by atoms with Crippen molar-refractivity contribution in [2.24, 2.45) is 0 Å². The highest BCUT2D eigenvalue weighted by Gasteiger charge is 2.31. The van der Waals surface area contributed by atoms with E-state index in [0.717, 1.165) is 29.4 Å². The predicted molar refractivity (Wildman–Crippen MR) is 91.7 cm³/mol. The first kappa shape index (κ1) is 17.3. The van der Waals surface area contributed by atoms with Gasteiger partial charge in [0, 0.05) is 36.4 Å². The number of anilines is 2. The molecule has 0 saturated heterocycles. The average Bonchev–Trinajstić information content (AvgIpc) is 2.99. The van der Waals surface area contributed by atoms with Crippen LogP contribution >= 0.6 is 0 Å². The van der Waals surface area contributed by atoms with Crippen LogP contribution in [0.1, 0.15) is 36.6 Å². The molecule has 0 aromatic heterocycles. The predicted octanol–water partition coefficient (Wildman–Crippen LogP) is 4.79. The largest absolute Gasteiger partial charge is 0.416 e. The molecule has 1 heterocycles. The van der Waals surface area contributed by atoms with Gasteiger partial charge in [0.25, 0.3) is 0 Å². The molecule has 0 spiro atoms. The van der Waals surface area contributed by atoms with Gasteiger partial charge in [0.1, 0.15) is 0 Å². The van der Waals surface area contributed by atoms with E-state index in [9.17, 15) is 18.0 Å². The van der Waals surface area contributed by atoms with Gasteiger partial charge < -0.3 is 10.2 Å². The molecule has 25 heavy (non-hydrogen) atoms. The maximum atomic E-state index is 12.9. The lowest BCUT2D eigenvalue weighted by molar-refractivity contribution is -0.137. The van der Waals surface area contributed by atoms with Gasteiger partial charge in [-0.3, -0.25) is 4.79 Å². The lowest BCUT2D eigenvalue weighted by atomic mass is 10.0. The molecule has 0 radical (unpaired) electrons. The fourth-order valence-electron chi connectivity index (χ4n) is 3.20. The van der Waals surface area contributed by atoms with Crippen molar-refractivity contribution in [2.75, 3.05) is 16.8 Å². The molecule has 0 fully saturated rings. The van der Waals surface area contributed by atoms with Gasteiger partial charge in [-0.15, -0.1) is 0 Å². The van der Waals surface area contributed by atoms with E-state index in [-0.39, 0.29) is 11.9 Å². The molecule has 0 aliphatic carbocycles. The highest BCUT2D eigenvalue weighted by atomic mass is 19.4. The summed E-state index contributed by atoms with van der Waals surface area (Å²) < 4.78 is 38.7. The van der Waals surface area contributed by atoms with Gasteiger partial charge in [0.2, 0.25) is 5.91 Å². The summed E-state index contributed by atoms with van der Waals surface area (Å²) in [6.45, 7) is 3.98. The van der Waals surface area contributed by atoms with Gasteiger partial charge in [0.15, 0.2) is 0 Å². The summed E-state index contributed by atoms with van der Waals surface area (Å²) in [5.41, 5.74) is 2.66. The van der Waals surface area contributed by atoms with Crippen LogP contribution in [0.4, 0.5) is 24.5 Å². The van der Waals surface area contributed by atoms with Crippen molar-refractivity contribution >= 4 is 17.3 Å². The van der Waals surface area contributed by atoms with Crippen molar-refractivity contribution in [1.29, 1.82) is 0 Å². The first-order valence-electron chi connectivity index (χ1n) is 8.11. The number of carbonyl (C=O) groups is 1. The van der Waals surface area contributed by atoms with Crippen LogP contribution in [0.3, 0.4) is 0 Å². The minimum atomic E-state index is -4.36. The Morgan fingerprint density at radius 3 is 2.60 bits per heavy atom. The molecule has 132 valence electrons. The number of carbonyl (C=O) groups excluding carboxylic acids is 1. The minimum absolute atomic E-state index is 0.0122. The zero-order chi connectivity index (χ0) is 18.2. The number of amides is 1. The van der Waals surface area contributed by atoms with Gasteiger partial charge >= 0.3 is 6.18 Å². The second kappa shape index (κ2) is 6.43. The van der Waals surface area contributed by atoms with E-state index in [1.807, 2.05) is 25.1 Å². The van der Waals surface area contributed by atoms with Gasteiger partial charge in [-0.25, -0.2) is 0 Å². The average molecular weight is 348 g/mol. The number of hydrogen-bond donors (Lipinski definition) is 1. The molecule has 2 aromatic rings. The third-order valence-corrected chi connectivity index (χ3v) is 4.49. The lowest BCUT2D eigenvalue weighted by Gasteiger charge is -2.20. The Morgan fingerprint density at radius 1 is 1.20 bits per heavy atom. The standard InChI is InChI=1S/C19H19F3N2O/c1-12(14-5-3-6-15(11-14)19(20,21)22)23-17-7-4-8-18-16(17)9-10-24(18)13(2)25/h3-8,11-12,23H,9-10H2,1-2H3. The fourth-order valence-corrected chi connectivity index (χ4v) is 3.20. The van der Waals surface area contributed by atoms with Gasteiger partial charge in [-0.05, 0) is 43.2 Å². The molecule has 6 heteroatoms. The van der Waals surface area contributed by atoms with Crippen molar-refractivity contribution in [3.8, 4) is 0 Å².